The number of benzene rings is 2. The van der Waals surface area contributed by atoms with Crippen molar-refractivity contribution in [3.8, 4) is 22.8 Å². The van der Waals surface area contributed by atoms with Crippen LogP contribution in [0.2, 0.25) is 0 Å². The van der Waals surface area contributed by atoms with E-state index in [-0.39, 0.29) is 37.7 Å². The van der Waals surface area contributed by atoms with Crippen molar-refractivity contribution in [1.82, 2.24) is 9.88 Å². The number of carbonyl (C=O) groups is 3. The highest BCUT2D eigenvalue weighted by Gasteiger charge is 2.61. The van der Waals surface area contributed by atoms with Crippen molar-refractivity contribution in [2.75, 3.05) is 20.3 Å². The van der Waals surface area contributed by atoms with E-state index in [1.54, 1.807) is 7.11 Å². The molecule has 9 nitrogen and oxygen atoms in total. The maximum absolute atomic E-state index is 13.7. The zero-order valence-electron chi connectivity index (χ0n) is 24.2. The fourth-order valence-electron chi connectivity index (χ4n) is 6.31. The molecule has 3 aliphatic rings. The number of carboxylic acid groups (broad SMARTS) is 1. The van der Waals surface area contributed by atoms with Gasteiger partial charge in [-0.2, -0.15) is 0 Å². The lowest BCUT2D eigenvalue weighted by atomic mass is 9.92. The highest BCUT2D eigenvalue weighted by Crippen LogP contribution is 2.57. The van der Waals surface area contributed by atoms with Crippen LogP contribution in [0.25, 0.3) is 22.2 Å². The fourth-order valence-corrected chi connectivity index (χ4v) is 6.31. The van der Waals surface area contributed by atoms with Gasteiger partial charge in [0, 0.05) is 35.9 Å². The molecule has 1 aromatic heterocycles. The minimum absolute atomic E-state index is 0.130. The minimum Gasteiger partial charge on any atom is -0.497 e. The van der Waals surface area contributed by atoms with E-state index in [0.29, 0.717) is 23.4 Å². The van der Waals surface area contributed by atoms with E-state index < -0.39 is 29.6 Å². The topological polar surface area (TPSA) is 115 Å². The van der Waals surface area contributed by atoms with Crippen molar-refractivity contribution in [2.24, 2.45) is 11.3 Å². The number of carbonyl (C=O) groups excluding carboxylic acids is 2. The van der Waals surface area contributed by atoms with Crippen LogP contribution in [0.5, 0.6) is 11.5 Å². The number of nitrogens with zero attached hydrogens (tertiary/aromatic N) is 2. The lowest BCUT2D eigenvalue weighted by Crippen LogP contribution is -2.42. The highest BCUT2D eigenvalue weighted by atomic mass is 16.6. The first kappa shape index (κ1) is 28.7. The van der Waals surface area contributed by atoms with Crippen molar-refractivity contribution in [3.63, 3.8) is 0 Å². The second-order valence-corrected chi connectivity index (χ2v) is 11.7. The quantitative estimate of drug-likeness (QED) is 0.361. The van der Waals surface area contributed by atoms with E-state index in [9.17, 15) is 19.5 Å². The Morgan fingerprint density at radius 3 is 2.72 bits per heavy atom. The maximum atomic E-state index is 13.7. The maximum Gasteiger partial charge on any atom is 0.410 e. The summed E-state index contributed by atoms with van der Waals surface area (Å²) in [5, 5.41) is 10.8. The molecule has 1 N–H and O–H groups in total. The summed E-state index contributed by atoms with van der Waals surface area (Å²) in [6.45, 7) is 0.420. The van der Waals surface area contributed by atoms with Crippen LogP contribution < -0.4 is 9.47 Å². The van der Waals surface area contributed by atoms with Crippen LogP contribution in [-0.2, 0) is 14.3 Å². The average molecular weight is 585 g/mol. The number of rotatable bonds is 5. The monoisotopic (exact) mass is 584 g/mol. The lowest BCUT2D eigenvalue weighted by Gasteiger charge is -2.24. The minimum atomic E-state index is -1.12. The smallest absolute Gasteiger partial charge is 0.410 e. The summed E-state index contributed by atoms with van der Waals surface area (Å²) in [7, 11) is 1.60. The van der Waals surface area contributed by atoms with Gasteiger partial charge >= 0.3 is 12.1 Å². The summed E-state index contributed by atoms with van der Waals surface area (Å²) in [6.07, 6.45) is 6.83. The van der Waals surface area contributed by atoms with Gasteiger partial charge in [0.25, 0.3) is 0 Å². The second kappa shape index (κ2) is 12.1. The molecule has 3 heterocycles. The SMILES string of the molecule is COc1ccc2c(O[C@@H]3C[C@H]4C(=O)C[C@]5(C(=O)O)C[C@H]5/C=C\CCCCCOC(=O)N4C3)cc(-c3ccccc3)nc2c1. The number of allylic oxidation sites excluding steroid dienone is 2. The van der Waals surface area contributed by atoms with Gasteiger partial charge in [-0.05, 0) is 50.2 Å². The first-order chi connectivity index (χ1) is 20.9. The molecule has 6 rings (SSSR count). The predicted octanol–water partition coefficient (Wildman–Crippen LogP) is 6.05. The Kier molecular flexibility index (Phi) is 8.06. The molecule has 2 fully saturated rings. The Morgan fingerprint density at radius 1 is 1.09 bits per heavy atom. The Morgan fingerprint density at radius 2 is 1.93 bits per heavy atom. The van der Waals surface area contributed by atoms with Crippen LogP contribution in [-0.4, -0.2) is 65.2 Å². The van der Waals surface area contributed by atoms with Gasteiger partial charge in [-0.1, -0.05) is 42.5 Å². The lowest BCUT2D eigenvalue weighted by molar-refractivity contribution is -0.146. The summed E-state index contributed by atoms with van der Waals surface area (Å²) < 4.78 is 17.6. The molecule has 2 aromatic carbocycles. The van der Waals surface area contributed by atoms with E-state index in [1.807, 2.05) is 66.7 Å². The van der Waals surface area contributed by atoms with Gasteiger partial charge in [0.05, 0.1) is 42.9 Å². The van der Waals surface area contributed by atoms with E-state index in [4.69, 9.17) is 19.2 Å². The molecule has 9 heteroatoms. The molecule has 1 saturated heterocycles. The number of fused-ring (bicyclic) bond motifs is 3. The number of pyridine rings is 1. The first-order valence-corrected chi connectivity index (χ1v) is 14.9. The van der Waals surface area contributed by atoms with E-state index in [0.717, 1.165) is 42.3 Å². The standard InChI is InChI=1S/C34H36N2O7/c1-41-24-13-14-26-28(16-24)35-27(22-10-6-5-7-11-22)18-31(26)43-25-17-29-30(37)20-34(32(38)39)19-23(34)12-8-3-2-4-9-15-42-33(40)36(29)21-25/h5-8,10-14,16,18,23,25,29H,2-4,9,15,17,19-21H2,1H3,(H,38,39)/b12-8-/t23-,25-,29+,34-/m1/s1. The molecule has 3 aromatic rings. The molecular formula is C34H36N2O7. The van der Waals surface area contributed by atoms with Gasteiger partial charge in [0.1, 0.15) is 17.6 Å². The summed E-state index contributed by atoms with van der Waals surface area (Å²) in [5.41, 5.74) is 1.21. The molecule has 0 bridgehead atoms. The number of methoxy groups -OCH3 is 1. The van der Waals surface area contributed by atoms with Crippen LogP contribution >= 0.6 is 0 Å². The fraction of sp³-hybridized carbons (Fsp3) is 0.412. The van der Waals surface area contributed by atoms with Crippen molar-refractivity contribution >= 4 is 28.7 Å². The number of amides is 1. The summed E-state index contributed by atoms with van der Waals surface area (Å²) >= 11 is 0. The van der Waals surface area contributed by atoms with Gasteiger partial charge in [0.15, 0.2) is 5.78 Å². The molecule has 4 atom stereocenters. The van der Waals surface area contributed by atoms with Crippen LogP contribution in [0.15, 0.2) is 66.7 Å². The molecule has 0 radical (unpaired) electrons. The zero-order chi connectivity index (χ0) is 30.0. The Hall–Kier alpha value is -4.40. The number of ketones is 1. The van der Waals surface area contributed by atoms with Crippen LogP contribution in [0, 0.1) is 11.3 Å². The molecule has 43 heavy (non-hydrogen) atoms. The van der Waals surface area contributed by atoms with Gasteiger partial charge in [0.2, 0.25) is 0 Å². The number of carboxylic acids is 1. The van der Waals surface area contributed by atoms with Crippen LogP contribution in [0.4, 0.5) is 4.79 Å². The van der Waals surface area contributed by atoms with E-state index >= 15 is 0 Å². The number of hydrogen-bond acceptors (Lipinski definition) is 7. The van der Waals surface area contributed by atoms with Crippen molar-refractivity contribution in [3.05, 3.63) is 66.7 Å². The van der Waals surface area contributed by atoms with Crippen molar-refractivity contribution in [2.45, 2.75) is 57.1 Å². The molecule has 2 aliphatic heterocycles. The molecular weight excluding hydrogens is 548 g/mol. The summed E-state index contributed by atoms with van der Waals surface area (Å²) in [6, 6.07) is 16.4. The van der Waals surface area contributed by atoms with Gasteiger partial charge < -0.3 is 19.3 Å². The average Bonchev–Trinajstić information content (AvgIpc) is 3.55. The summed E-state index contributed by atoms with van der Waals surface area (Å²) in [4.78, 5) is 45.6. The molecule has 0 spiro atoms. The van der Waals surface area contributed by atoms with Crippen LogP contribution in [0.1, 0.15) is 44.9 Å². The van der Waals surface area contributed by atoms with Gasteiger partial charge in [-0.15, -0.1) is 0 Å². The molecule has 1 amide bonds. The number of ether oxygens (including phenoxy) is 3. The largest absolute Gasteiger partial charge is 0.497 e. The third kappa shape index (κ3) is 5.94. The molecule has 1 saturated carbocycles. The number of hydrogen-bond donors (Lipinski definition) is 1. The second-order valence-electron chi connectivity index (χ2n) is 11.7. The number of Topliss-reactive ketones (excluding diaryl/α,β-unsaturated/α-hetero) is 1. The predicted molar refractivity (Wildman–Crippen MR) is 160 cm³/mol. The van der Waals surface area contributed by atoms with E-state index in [2.05, 4.69) is 0 Å². The Balaban J connectivity index is 1.30. The van der Waals surface area contributed by atoms with Crippen molar-refractivity contribution < 1.29 is 33.7 Å². The third-order valence-corrected chi connectivity index (χ3v) is 8.87. The molecule has 224 valence electrons. The Bertz CT molecular complexity index is 1560. The van der Waals surface area contributed by atoms with E-state index in [1.165, 1.54) is 4.90 Å². The highest BCUT2D eigenvalue weighted by molar-refractivity contribution is 5.94. The summed E-state index contributed by atoms with van der Waals surface area (Å²) in [5.74, 6) is -0.173. The van der Waals surface area contributed by atoms with Crippen molar-refractivity contribution in [1.29, 1.82) is 0 Å². The molecule has 0 unspecified atom stereocenters. The number of cyclic esters (lactones) is 1. The number of aliphatic carboxylic acids is 1. The number of aromatic nitrogens is 1. The first-order valence-electron chi connectivity index (χ1n) is 14.9. The normalized spacial score (nSPS) is 26.8. The van der Waals surface area contributed by atoms with Gasteiger partial charge in [-0.25, -0.2) is 9.78 Å². The molecule has 1 aliphatic carbocycles. The third-order valence-electron chi connectivity index (χ3n) is 8.87. The van der Waals surface area contributed by atoms with Crippen LogP contribution in [0.3, 0.4) is 0 Å². The van der Waals surface area contributed by atoms with Gasteiger partial charge in [-0.3, -0.25) is 14.5 Å². The Labute approximate surface area is 250 Å². The zero-order valence-corrected chi connectivity index (χ0v) is 24.2.